The zero-order valence-corrected chi connectivity index (χ0v) is 4.95. The average Bonchev–Trinajstić information content (AvgIpc) is 2.45. The van der Waals surface area contributed by atoms with Crippen LogP contribution < -0.4 is 0 Å². The average molecular weight is 121 g/mol. The zero-order chi connectivity index (χ0) is 6.27. The van der Waals surface area contributed by atoms with Gasteiger partial charge in [0.1, 0.15) is 0 Å². The first kappa shape index (κ1) is 5.01. The van der Waals surface area contributed by atoms with Gasteiger partial charge in [0, 0.05) is 0 Å². The van der Waals surface area contributed by atoms with Crippen molar-refractivity contribution in [3.8, 4) is 6.07 Å². The number of hydrogen-bond donors (Lipinski definition) is 0. The number of hydrogen-bond acceptors (Lipinski definition) is 2. The molecule has 2 aliphatic heterocycles. The molecule has 0 aromatic heterocycles. The molecule has 1 fully saturated rings. The molecule has 2 nitrogen and oxygen atoms in total. The Morgan fingerprint density at radius 3 is 2.78 bits per heavy atom. The molecule has 2 bridgehead atoms. The largest absolute Gasteiger partial charge is 0.365 e. The lowest BCUT2D eigenvalue weighted by Gasteiger charge is -2.03. The van der Waals surface area contributed by atoms with Gasteiger partial charge in [0.05, 0.1) is 24.2 Å². The van der Waals surface area contributed by atoms with E-state index in [2.05, 4.69) is 6.07 Å². The van der Waals surface area contributed by atoms with E-state index in [4.69, 9.17) is 10.00 Å². The molecule has 0 unspecified atom stereocenters. The summed E-state index contributed by atoms with van der Waals surface area (Å²) in [6.45, 7) is 0. The molecule has 9 heavy (non-hydrogen) atoms. The van der Waals surface area contributed by atoms with Crippen LogP contribution in [-0.2, 0) is 4.74 Å². The predicted octanol–water partition coefficient (Wildman–Crippen LogP) is 0.853. The third-order valence-electron chi connectivity index (χ3n) is 1.90. The second-order valence-corrected chi connectivity index (χ2v) is 2.50. The van der Waals surface area contributed by atoms with Crippen molar-refractivity contribution in [2.45, 2.75) is 18.6 Å². The predicted molar refractivity (Wildman–Crippen MR) is 31.5 cm³/mol. The highest BCUT2D eigenvalue weighted by Crippen LogP contribution is 2.32. The summed E-state index contributed by atoms with van der Waals surface area (Å²) in [5, 5.41) is 8.52. The van der Waals surface area contributed by atoms with E-state index >= 15 is 0 Å². The van der Waals surface area contributed by atoms with Gasteiger partial charge in [0.15, 0.2) is 0 Å². The summed E-state index contributed by atoms with van der Waals surface area (Å²) in [6, 6.07) is 2.22. The van der Waals surface area contributed by atoms with Crippen molar-refractivity contribution in [1.29, 1.82) is 5.26 Å². The second kappa shape index (κ2) is 1.58. The van der Waals surface area contributed by atoms with E-state index in [9.17, 15) is 0 Å². The first-order valence-corrected chi connectivity index (χ1v) is 3.13. The quantitative estimate of drug-likeness (QED) is 0.445. The Bertz CT molecular complexity index is 192. The Morgan fingerprint density at radius 1 is 1.56 bits per heavy atom. The van der Waals surface area contributed by atoms with Gasteiger partial charge in [0.25, 0.3) is 0 Å². The maximum atomic E-state index is 8.52. The van der Waals surface area contributed by atoms with Gasteiger partial charge in [0.2, 0.25) is 0 Å². The zero-order valence-electron chi connectivity index (χ0n) is 4.95. The molecule has 3 atom stereocenters. The molecule has 0 N–H and O–H groups in total. The van der Waals surface area contributed by atoms with Crippen molar-refractivity contribution in [2.24, 2.45) is 5.92 Å². The number of ether oxygens (including phenoxy) is 1. The fraction of sp³-hybridized carbons (Fsp3) is 0.571. The van der Waals surface area contributed by atoms with E-state index in [1.165, 1.54) is 0 Å². The molecule has 0 aliphatic carbocycles. The fourth-order valence-corrected chi connectivity index (χ4v) is 1.40. The molecule has 0 aromatic rings. The van der Waals surface area contributed by atoms with Gasteiger partial charge in [-0.1, -0.05) is 12.2 Å². The summed E-state index contributed by atoms with van der Waals surface area (Å²) in [5.74, 6) is 0.125. The van der Waals surface area contributed by atoms with Gasteiger partial charge in [-0.25, -0.2) is 0 Å². The number of rotatable bonds is 0. The first-order valence-electron chi connectivity index (χ1n) is 3.13. The van der Waals surface area contributed by atoms with Crippen LogP contribution in [0.4, 0.5) is 0 Å². The lowest BCUT2D eigenvalue weighted by molar-refractivity contribution is 0.114. The third-order valence-corrected chi connectivity index (χ3v) is 1.90. The van der Waals surface area contributed by atoms with Crippen LogP contribution in [0.15, 0.2) is 12.2 Å². The molecular formula is C7H7NO. The lowest BCUT2D eigenvalue weighted by Crippen LogP contribution is -2.09. The van der Waals surface area contributed by atoms with Crippen LogP contribution in [0.2, 0.25) is 0 Å². The van der Waals surface area contributed by atoms with Crippen molar-refractivity contribution in [2.75, 3.05) is 0 Å². The Morgan fingerprint density at radius 2 is 2.44 bits per heavy atom. The Labute approximate surface area is 53.7 Å². The Hall–Kier alpha value is -0.810. The maximum Gasteiger partial charge on any atom is 0.0924 e. The van der Waals surface area contributed by atoms with E-state index in [1.54, 1.807) is 0 Å². The van der Waals surface area contributed by atoms with Gasteiger partial charge in [-0.3, -0.25) is 0 Å². The fourth-order valence-electron chi connectivity index (χ4n) is 1.40. The highest BCUT2D eigenvalue weighted by Gasteiger charge is 2.36. The summed E-state index contributed by atoms with van der Waals surface area (Å²) >= 11 is 0. The molecule has 0 radical (unpaired) electrons. The van der Waals surface area contributed by atoms with Gasteiger partial charge < -0.3 is 4.74 Å². The molecule has 0 aromatic carbocycles. The highest BCUT2D eigenvalue weighted by atomic mass is 16.5. The maximum absolute atomic E-state index is 8.52. The Balaban J connectivity index is 2.22. The van der Waals surface area contributed by atoms with E-state index in [0.717, 1.165) is 6.42 Å². The smallest absolute Gasteiger partial charge is 0.0924 e. The molecule has 0 spiro atoms. The summed E-state index contributed by atoms with van der Waals surface area (Å²) in [6.07, 6.45) is 5.29. The molecule has 2 rings (SSSR count). The summed E-state index contributed by atoms with van der Waals surface area (Å²) < 4.78 is 5.34. The van der Waals surface area contributed by atoms with Crippen molar-refractivity contribution in [1.82, 2.24) is 0 Å². The van der Waals surface area contributed by atoms with Gasteiger partial charge in [-0.15, -0.1) is 0 Å². The highest BCUT2D eigenvalue weighted by molar-refractivity contribution is 5.15. The van der Waals surface area contributed by atoms with Crippen molar-refractivity contribution >= 4 is 0 Å². The van der Waals surface area contributed by atoms with Crippen molar-refractivity contribution in [3.05, 3.63) is 12.2 Å². The van der Waals surface area contributed by atoms with Crippen molar-refractivity contribution in [3.63, 3.8) is 0 Å². The van der Waals surface area contributed by atoms with Crippen LogP contribution >= 0.6 is 0 Å². The minimum Gasteiger partial charge on any atom is -0.365 e. The third kappa shape index (κ3) is 0.585. The van der Waals surface area contributed by atoms with Crippen LogP contribution in [0.3, 0.4) is 0 Å². The van der Waals surface area contributed by atoms with Gasteiger partial charge in [-0.2, -0.15) is 5.26 Å². The SMILES string of the molecule is N#C[C@@H]1C[C@H]2C=C[C@@H]1O2. The molecule has 46 valence electrons. The van der Waals surface area contributed by atoms with Crippen molar-refractivity contribution < 1.29 is 4.74 Å². The van der Waals surface area contributed by atoms with Gasteiger partial charge in [-0.05, 0) is 6.42 Å². The van der Waals surface area contributed by atoms with Crippen LogP contribution in [0.25, 0.3) is 0 Å². The number of nitriles is 1. The monoisotopic (exact) mass is 121 g/mol. The molecule has 2 heterocycles. The minimum atomic E-state index is 0.111. The van der Waals surface area contributed by atoms with E-state index < -0.39 is 0 Å². The van der Waals surface area contributed by atoms with Crippen LogP contribution in [0, 0.1) is 17.2 Å². The summed E-state index contributed by atoms with van der Waals surface area (Å²) in [4.78, 5) is 0. The number of fused-ring (bicyclic) bond motifs is 2. The normalized spacial score (nSPS) is 45.4. The lowest BCUT2D eigenvalue weighted by atomic mass is 9.96. The Kier molecular flexibility index (Phi) is 0.882. The van der Waals surface area contributed by atoms with Crippen LogP contribution in [0.5, 0.6) is 0 Å². The standard InChI is InChI=1S/C7H7NO/c8-4-5-3-6-1-2-7(5)9-6/h1-2,5-7H,3H2/t5-,6+,7-/m0/s1. The minimum absolute atomic E-state index is 0.111. The molecule has 0 saturated carbocycles. The van der Waals surface area contributed by atoms with Crippen LogP contribution in [-0.4, -0.2) is 12.2 Å². The topological polar surface area (TPSA) is 33.0 Å². The molecular weight excluding hydrogens is 114 g/mol. The summed E-state index contributed by atoms with van der Waals surface area (Å²) in [7, 11) is 0. The molecule has 2 aliphatic rings. The molecule has 1 saturated heterocycles. The van der Waals surface area contributed by atoms with Crippen LogP contribution in [0.1, 0.15) is 6.42 Å². The first-order chi connectivity index (χ1) is 4.40. The van der Waals surface area contributed by atoms with E-state index in [-0.39, 0.29) is 18.1 Å². The molecule has 2 heteroatoms. The van der Waals surface area contributed by atoms with E-state index in [0.29, 0.717) is 0 Å². The second-order valence-electron chi connectivity index (χ2n) is 2.50. The number of nitrogens with zero attached hydrogens (tertiary/aromatic N) is 1. The van der Waals surface area contributed by atoms with E-state index in [1.807, 2.05) is 12.2 Å². The summed E-state index contributed by atoms with van der Waals surface area (Å²) in [5.41, 5.74) is 0. The molecule has 0 amide bonds. The van der Waals surface area contributed by atoms with Gasteiger partial charge >= 0.3 is 0 Å².